The van der Waals surface area contributed by atoms with Gasteiger partial charge < -0.3 is 26.2 Å². The minimum absolute atomic E-state index is 0.0658. The number of hydrogen-bond acceptors (Lipinski definition) is 6. The number of nitrogens with one attached hydrogen (secondary N) is 3. The zero-order chi connectivity index (χ0) is 26.3. The van der Waals surface area contributed by atoms with Crippen LogP contribution in [0.3, 0.4) is 0 Å². The number of aliphatic carboxylic acids is 1. The van der Waals surface area contributed by atoms with Gasteiger partial charge in [-0.25, -0.2) is 0 Å². The Hall–Kier alpha value is -2.92. The van der Waals surface area contributed by atoms with Crippen LogP contribution in [0.4, 0.5) is 0 Å². The summed E-state index contributed by atoms with van der Waals surface area (Å²) in [5.74, 6) is -2.97. The van der Waals surface area contributed by atoms with E-state index in [1.165, 1.54) is 24.3 Å². The van der Waals surface area contributed by atoms with Gasteiger partial charge in [-0.3, -0.25) is 24.1 Å². The van der Waals surface area contributed by atoms with Crippen LogP contribution in [0.5, 0.6) is 0 Å². The molecule has 0 saturated carbocycles. The van der Waals surface area contributed by atoms with Gasteiger partial charge in [-0.15, -0.1) is 0 Å². The van der Waals surface area contributed by atoms with Crippen molar-refractivity contribution in [3.8, 4) is 0 Å². The molecular weight excluding hydrogens is 451 g/mol. The van der Waals surface area contributed by atoms with Gasteiger partial charge in [0.2, 0.25) is 5.91 Å². The minimum atomic E-state index is -1.16. The number of benzene rings is 1. The highest BCUT2D eigenvalue weighted by atomic mass is 16.4. The van der Waals surface area contributed by atoms with Crippen LogP contribution < -0.4 is 16.0 Å². The van der Waals surface area contributed by atoms with Crippen LogP contribution in [-0.2, 0) is 9.59 Å². The fourth-order valence-electron chi connectivity index (χ4n) is 3.87. The average Bonchev–Trinajstić information content (AvgIpc) is 3.30. The van der Waals surface area contributed by atoms with Gasteiger partial charge in [0.25, 0.3) is 11.8 Å². The number of amides is 3. The van der Waals surface area contributed by atoms with Crippen molar-refractivity contribution in [2.24, 2.45) is 11.8 Å². The zero-order valence-corrected chi connectivity index (χ0v) is 20.7. The third kappa shape index (κ3) is 7.79. The number of nitrogens with zero attached hydrogens (tertiary/aromatic N) is 1. The molecule has 3 amide bonds. The van der Waals surface area contributed by atoms with E-state index in [9.17, 15) is 24.3 Å². The molecule has 2 unspecified atom stereocenters. The van der Waals surface area contributed by atoms with Crippen molar-refractivity contribution in [3.63, 3.8) is 0 Å². The summed E-state index contributed by atoms with van der Waals surface area (Å²) in [6, 6.07) is 4.55. The van der Waals surface area contributed by atoms with Crippen LogP contribution in [-0.4, -0.2) is 84.0 Å². The molecule has 2 radical (unpaired) electrons. The number of carboxylic acids is 1. The van der Waals surface area contributed by atoms with Gasteiger partial charge in [-0.1, -0.05) is 27.7 Å². The van der Waals surface area contributed by atoms with Gasteiger partial charge in [0.1, 0.15) is 12.8 Å². The van der Waals surface area contributed by atoms with Crippen LogP contribution >= 0.6 is 0 Å². The van der Waals surface area contributed by atoms with E-state index in [4.69, 9.17) is 13.0 Å². The molecule has 0 aliphatic carbocycles. The van der Waals surface area contributed by atoms with Crippen LogP contribution in [0, 0.1) is 11.8 Å². The van der Waals surface area contributed by atoms with Gasteiger partial charge in [0.05, 0.1) is 19.9 Å². The summed E-state index contributed by atoms with van der Waals surface area (Å²) in [5, 5.41) is 27.7. The molecule has 4 atom stereocenters. The van der Waals surface area contributed by atoms with Crippen molar-refractivity contribution >= 4 is 31.5 Å². The number of rotatable bonds is 11. The molecule has 10 nitrogen and oxygen atoms in total. The van der Waals surface area contributed by atoms with Gasteiger partial charge in [0, 0.05) is 17.7 Å². The van der Waals surface area contributed by atoms with Crippen molar-refractivity contribution < 1.29 is 29.4 Å². The van der Waals surface area contributed by atoms with E-state index < -0.39 is 48.6 Å². The predicted molar refractivity (Wildman–Crippen MR) is 131 cm³/mol. The first-order valence-corrected chi connectivity index (χ1v) is 11.8. The summed E-state index contributed by atoms with van der Waals surface area (Å²) >= 11 is 0. The molecule has 0 spiro atoms. The number of likely N-dealkylation sites (tertiary alicyclic amines) is 1. The number of hydrogen-bond donors (Lipinski definition) is 5. The Morgan fingerprint density at radius 2 is 1.57 bits per heavy atom. The van der Waals surface area contributed by atoms with Crippen LogP contribution in [0.15, 0.2) is 24.3 Å². The normalized spacial score (nSPS) is 18.7. The Morgan fingerprint density at radius 3 is 2.09 bits per heavy atom. The number of carbonyl (C=O) groups is 4. The van der Waals surface area contributed by atoms with Crippen molar-refractivity contribution in [2.75, 3.05) is 13.1 Å². The predicted octanol–water partition coefficient (Wildman–Crippen LogP) is 0.305. The average molecular weight is 486 g/mol. The molecule has 1 fully saturated rings. The van der Waals surface area contributed by atoms with Crippen molar-refractivity contribution in [2.45, 2.75) is 64.8 Å². The summed E-state index contributed by atoms with van der Waals surface area (Å²) in [7, 11) is 5.98. The Balaban J connectivity index is 2.07. The highest BCUT2D eigenvalue weighted by Crippen LogP contribution is 2.24. The topological polar surface area (TPSA) is 148 Å². The number of carboxylic acid groups (broad SMARTS) is 1. The van der Waals surface area contributed by atoms with Gasteiger partial charge in [-0.2, -0.15) is 0 Å². The van der Waals surface area contributed by atoms with E-state index in [-0.39, 0.29) is 28.9 Å². The van der Waals surface area contributed by atoms with Crippen LogP contribution in [0.1, 0.15) is 61.3 Å². The van der Waals surface area contributed by atoms with Gasteiger partial charge in [0.15, 0.2) is 0 Å². The Morgan fingerprint density at radius 1 is 1.00 bits per heavy atom. The molecule has 1 aromatic rings. The second-order valence-corrected chi connectivity index (χ2v) is 9.48. The largest absolute Gasteiger partial charge is 0.480 e. The second-order valence-electron chi connectivity index (χ2n) is 9.48. The van der Waals surface area contributed by atoms with E-state index in [1.54, 1.807) is 4.90 Å². The first-order valence-electron chi connectivity index (χ1n) is 11.8. The van der Waals surface area contributed by atoms with E-state index in [2.05, 4.69) is 16.0 Å². The monoisotopic (exact) mass is 486 g/mol. The lowest BCUT2D eigenvalue weighted by molar-refractivity contribution is -0.135. The molecule has 1 aliphatic rings. The summed E-state index contributed by atoms with van der Waals surface area (Å²) in [6.07, 6.45) is 0.224. The maximum atomic E-state index is 12.9. The fraction of sp³-hybridized carbons (Fsp3) is 0.583. The Bertz CT molecular complexity index is 908. The number of aliphatic hydroxyl groups is 1. The maximum Gasteiger partial charge on any atom is 0.322 e. The number of carbonyl (C=O) groups excluding carboxylic acids is 3. The zero-order valence-electron chi connectivity index (χ0n) is 20.7. The first-order chi connectivity index (χ1) is 16.4. The molecule has 35 heavy (non-hydrogen) atoms. The summed E-state index contributed by atoms with van der Waals surface area (Å²) < 4.78 is 0. The molecular formula is C24H35BN4O6. The summed E-state index contributed by atoms with van der Waals surface area (Å²) in [6.45, 7) is 7.55. The maximum absolute atomic E-state index is 12.9. The smallest absolute Gasteiger partial charge is 0.322 e. The quantitative estimate of drug-likeness (QED) is 0.283. The molecule has 1 aliphatic heterocycles. The minimum Gasteiger partial charge on any atom is -0.480 e. The molecule has 0 bridgehead atoms. The third-order valence-corrected chi connectivity index (χ3v) is 6.11. The van der Waals surface area contributed by atoms with Gasteiger partial charge >= 0.3 is 5.97 Å². The lowest BCUT2D eigenvalue weighted by atomic mass is 9.86. The molecule has 1 heterocycles. The van der Waals surface area contributed by atoms with E-state index in [0.717, 1.165) is 6.42 Å². The molecule has 0 aromatic heterocycles. The lowest BCUT2D eigenvalue weighted by Crippen LogP contribution is -2.58. The molecule has 1 aromatic carbocycles. The lowest BCUT2D eigenvalue weighted by Gasteiger charge is -2.36. The van der Waals surface area contributed by atoms with Crippen molar-refractivity contribution in [3.05, 3.63) is 35.4 Å². The molecule has 2 rings (SSSR count). The second kappa shape index (κ2) is 12.7. The highest BCUT2D eigenvalue weighted by Gasteiger charge is 2.39. The van der Waals surface area contributed by atoms with Crippen LogP contribution in [0.2, 0.25) is 0 Å². The fourth-order valence-corrected chi connectivity index (χ4v) is 3.87. The third-order valence-electron chi connectivity index (χ3n) is 6.11. The molecule has 190 valence electrons. The molecule has 1 saturated heterocycles. The van der Waals surface area contributed by atoms with Crippen molar-refractivity contribution in [1.29, 1.82) is 0 Å². The van der Waals surface area contributed by atoms with E-state index in [0.29, 0.717) is 13.0 Å². The molecule has 11 heteroatoms. The standard InChI is InChI=1S/C24H35BN4O6/c1-13(2)19(24(35)29-11-5-6-17(29)23(34)28-20(25)14(3)4)27-22(33)16-9-7-15(8-10-16)21(32)26-12-18(30)31/h7-10,13-14,17,19-20,24,35H,5-6,11-12H2,1-4H3,(H,26,32)(H,27,33)(H,28,34)(H,30,31)/t17-,19-,20?,24?/m0/s1. The summed E-state index contributed by atoms with van der Waals surface area (Å²) in [4.78, 5) is 49.9. The van der Waals surface area contributed by atoms with Gasteiger partial charge in [-0.05, 0) is 54.9 Å². The Labute approximate surface area is 207 Å². The SMILES string of the molecule is [B]C(NC(=O)[C@@H]1CCCN1C(O)[C@@H](NC(=O)c1ccc(C(=O)NCC(=O)O)cc1)C(C)C)C(C)C. The number of aliphatic hydroxyl groups excluding tert-OH is 1. The summed E-state index contributed by atoms with van der Waals surface area (Å²) in [5.41, 5.74) is 0.491. The Kier molecular flexibility index (Phi) is 10.3. The van der Waals surface area contributed by atoms with E-state index in [1.807, 2.05) is 27.7 Å². The van der Waals surface area contributed by atoms with E-state index >= 15 is 0 Å². The first kappa shape index (κ1) is 28.3. The molecule has 5 N–H and O–H groups in total. The van der Waals surface area contributed by atoms with Crippen molar-refractivity contribution in [1.82, 2.24) is 20.9 Å². The highest BCUT2D eigenvalue weighted by molar-refractivity contribution is 6.13. The van der Waals surface area contributed by atoms with Crippen LogP contribution in [0.25, 0.3) is 0 Å².